The van der Waals surface area contributed by atoms with Crippen LogP contribution in [0.1, 0.15) is 5.76 Å². The molecule has 1 N–H and O–H groups in total. The van der Waals surface area contributed by atoms with Crippen molar-refractivity contribution in [1.29, 1.82) is 0 Å². The number of likely N-dealkylation sites (N-methyl/N-ethyl adjacent to an activating group) is 1. The number of carbonyl (C=O) groups excluding carboxylic acids is 1. The number of aromatic nitrogens is 2. The van der Waals surface area contributed by atoms with E-state index in [4.69, 9.17) is 4.42 Å². The van der Waals surface area contributed by atoms with Crippen LogP contribution in [0.25, 0.3) is 11.0 Å². The summed E-state index contributed by atoms with van der Waals surface area (Å²) in [6.45, 7) is 2.54. The van der Waals surface area contributed by atoms with Gasteiger partial charge in [0, 0.05) is 44.6 Å². The summed E-state index contributed by atoms with van der Waals surface area (Å²) in [5.74, 6) is 2.57. The van der Waals surface area contributed by atoms with Gasteiger partial charge in [-0.2, -0.15) is 0 Å². The number of furan rings is 1. The maximum Gasteiger partial charge on any atom is 0.241 e. The van der Waals surface area contributed by atoms with Crippen molar-refractivity contribution in [2.75, 3.05) is 43.4 Å². The Kier molecular flexibility index (Phi) is 4.43. The predicted octanol–water partition coefficient (Wildman–Crippen LogP) is 2.16. The van der Waals surface area contributed by atoms with E-state index in [1.165, 1.54) is 6.33 Å². The lowest BCUT2D eigenvalue weighted by Crippen LogP contribution is -2.48. The number of piperazine rings is 1. The van der Waals surface area contributed by atoms with Crippen molar-refractivity contribution in [2.45, 2.75) is 6.42 Å². The number of nitrogens with one attached hydrogen (secondary N) is 1. The lowest BCUT2D eigenvalue weighted by molar-refractivity contribution is -0.129. The number of benzene rings is 1. The van der Waals surface area contributed by atoms with Gasteiger partial charge in [-0.25, -0.2) is 9.97 Å². The number of rotatable bonds is 5. The quantitative estimate of drug-likeness (QED) is 0.759. The van der Waals surface area contributed by atoms with Gasteiger partial charge in [0.05, 0.1) is 6.54 Å². The van der Waals surface area contributed by atoms with Crippen molar-refractivity contribution in [2.24, 2.45) is 0 Å². The van der Waals surface area contributed by atoms with Gasteiger partial charge in [-0.05, 0) is 12.1 Å². The Bertz CT molecular complexity index is 890. The molecule has 0 bridgehead atoms. The summed E-state index contributed by atoms with van der Waals surface area (Å²) < 4.78 is 5.82. The van der Waals surface area contributed by atoms with E-state index >= 15 is 0 Å². The molecule has 3 heterocycles. The fourth-order valence-corrected chi connectivity index (χ4v) is 3.04. The Balaban J connectivity index is 1.37. The van der Waals surface area contributed by atoms with Gasteiger partial charge in [-0.1, -0.05) is 18.2 Å². The molecule has 134 valence electrons. The molecule has 1 saturated heterocycles. The number of carbonyl (C=O) groups is 1. The Morgan fingerprint density at radius 1 is 1.19 bits per heavy atom. The lowest BCUT2D eigenvalue weighted by atomic mass is 10.2. The Morgan fingerprint density at radius 2 is 2.08 bits per heavy atom. The molecule has 0 aliphatic carbocycles. The van der Waals surface area contributed by atoms with Crippen LogP contribution in [0.3, 0.4) is 0 Å². The Morgan fingerprint density at radius 3 is 2.92 bits per heavy atom. The average Bonchev–Trinajstić information content (AvgIpc) is 3.07. The molecule has 7 nitrogen and oxygen atoms in total. The van der Waals surface area contributed by atoms with Crippen molar-refractivity contribution in [3.8, 4) is 0 Å². The SMILES string of the molecule is CN1CCN(c2cc(NCCc3cc4ccccc4o3)ncn2)CC1=O. The first kappa shape index (κ1) is 16.4. The highest BCUT2D eigenvalue weighted by Gasteiger charge is 2.22. The van der Waals surface area contributed by atoms with Gasteiger partial charge in [0.15, 0.2) is 0 Å². The van der Waals surface area contributed by atoms with Crippen LogP contribution in [0.2, 0.25) is 0 Å². The van der Waals surface area contributed by atoms with E-state index in [-0.39, 0.29) is 5.91 Å². The van der Waals surface area contributed by atoms with Crippen LogP contribution in [0.4, 0.5) is 11.6 Å². The third-order valence-electron chi connectivity index (χ3n) is 4.59. The second kappa shape index (κ2) is 7.03. The molecule has 7 heteroatoms. The van der Waals surface area contributed by atoms with Crippen molar-refractivity contribution >= 4 is 28.5 Å². The van der Waals surface area contributed by atoms with Crippen LogP contribution < -0.4 is 10.2 Å². The van der Waals surface area contributed by atoms with Gasteiger partial charge in [0.2, 0.25) is 5.91 Å². The first-order valence-corrected chi connectivity index (χ1v) is 8.71. The topological polar surface area (TPSA) is 74.5 Å². The highest BCUT2D eigenvalue weighted by molar-refractivity contribution is 5.82. The zero-order chi connectivity index (χ0) is 17.9. The van der Waals surface area contributed by atoms with E-state index < -0.39 is 0 Å². The van der Waals surface area contributed by atoms with Gasteiger partial charge in [0.1, 0.15) is 29.3 Å². The Hall–Kier alpha value is -3.09. The molecule has 1 amide bonds. The largest absolute Gasteiger partial charge is 0.461 e. The van der Waals surface area contributed by atoms with Gasteiger partial charge in [0.25, 0.3) is 0 Å². The molecular formula is C19H21N5O2. The first-order chi connectivity index (χ1) is 12.7. The summed E-state index contributed by atoms with van der Waals surface area (Å²) in [5, 5.41) is 4.42. The standard InChI is InChI=1S/C19H21N5O2/c1-23-8-9-24(12-19(23)25)18-11-17(21-13-22-18)20-7-6-15-10-14-4-2-3-5-16(14)26-15/h2-5,10-11,13H,6-9,12H2,1H3,(H,20,21,22). The number of anilines is 2. The number of para-hydroxylation sites is 1. The van der Waals surface area contributed by atoms with E-state index in [2.05, 4.69) is 21.4 Å². The van der Waals surface area contributed by atoms with Gasteiger partial charge in [-0.15, -0.1) is 0 Å². The maximum absolute atomic E-state index is 11.9. The molecule has 0 atom stereocenters. The molecular weight excluding hydrogens is 330 g/mol. The van der Waals surface area contributed by atoms with Crippen LogP contribution in [0, 0.1) is 0 Å². The second-order valence-corrected chi connectivity index (χ2v) is 6.43. The third-order valence-corrected chi connectivity index (χ3v) is 4.59. The zero-order valence-electron chi connectivity index (χ0n) is 14.7. The van der Waals surface area contributed by atoms with Crippen LogP contribution in [-0.4, -0.2) is 54.0 Å². The number of nitrogens with zero attached hydrogens (tertiary/aromatic N) is 4. The smallest absolute Gasteiger partial charge is 0.241 e. The molecule has 26 heavy (non-hydrogen) atoms. The molecule has 0 unspecified atom stereocenters. The molecule has 1 fully saturated rings. The maximum atomic E-state index is 11.9. The molecule has 1 aromatic carbocycles. The first-order valence-electron chi connectivity index (χ1n) is 8.71. The summed E-state index contributed by atoms with van der Waals surface area (Å²) in [5.41, 5.74) is 0.909. The summed E-state index contributed by atoms with van der Waals surface area (Å²) in [6.07, 6.45) is 2.29. The highest BCUT2D eigenvalue weighted by Crippen LogP contribution is 2.20. The number of hydrogen-bond donors (Lipinski definition) is 1. The molecule has 4 rings (SSSR count). The van der Waals surface area contributed by atoms with Crippen molar-refractivity contribution in [3.05, 3.63) is 48.5 Å². The van der Waals surface area contributed by atoms with E-state index in [0.717, 1.165) is 41.3 Å². The van der Waals surface area contributed by atoms with E-state index in [1.54, 1.807) is 4.90 Å². The van der Waals surface area contributed by atoms with Crippen LogP contribution in [0.5, 0.6) is 0 Å². The van der Waals surface area contributed by atoms with Crippen molar-refractivity contribution < 1.29 is 9.21 Å². The number of amides is 1. The minimum atomic E-state index is 0.106. The Labute approximate surface area is 151 Å². The second-order valence-electron chi connectivity index (χ2n) is 6.43. The van der Waals surface area contributed by atoms with E-state index in [0.29, 0.717) is 19.6 Å². The van der Waals surface area contributed by atoms with Gasteiger partial charge >= 0.3 is 0 Å². The predicted molar refractivity (Wildman–Crippen MR) is 100 cm³/mol. The summed E-state index contributed by atoms with van der Waals surface area (Å²) in [4.78, 5) is 24.2. The average molecular weight is 351 g/mol. The van der Waals surface area contributed by atoms with Crippen LogP contribution in [0.15, 0.2) is 47.1 Å². The zero-order valence-corrected chi connectivity index (χ0v) is 14.7. The summed E-state index contributed by atoms with van der Waals surface area (Å²) in [7, 11) is 1.82. The van der Waals surface area contributed by atoms with Gasteiger partial charge < -0.3 is 19.5 Å². The minimum Gasteiger partial charge on any atom is -0.461 e. The molecule has 0 radical (unpaired) electrons. The highest BCUT2D eigenvalue weighted by atomic mass is 16.3. The molecule has 1 aliphatic rings. The molecule has 1 aliphatic heterocycles. The molecule has 2 aromatic heterocycles. The van der Waals surface area contributed by atoms with Crippen molar-refractivity contribution in [3.63, 3.8) is 0 Å². The van der Waals surface area contributed by atoms with E-state index in [9.17, 15) is 4.79 Å². The molecule has 3 aromatic rings. The van der Waals surface area contributed by atoms with Gasteiger partial charge in [-0.3, -0.25) is 4.79 Å². The number of fused-ring (bicyclic) bond motifs is 1. The van der Waals surface area contributed by atoms with Crippen LogP contribution in [-0.2, 0) is 11.2 Å². The monoisotopic (exact) mass is 351 g/mol. The summed E-state index contributed by atoms with van der Waals surface area (Å²) >= 11 is 0. The lowest BCUT2D eigenvalue weighted by Gasteiger charge is -2.32. The fraction of sp³-hybridized carbons (Fsp3) is 0.316. The molecule has 0 saturated carbocycles. The normalized spacial score (nSPS) is 14.9. The fourth-order valence-electron chi connectivity index (χ4n) is 3.04. The number of hydrogen-bond acceptors (Lipinski definition) is 6. The summed E-state index contributed by atoms with van der Waals surface area (Å²) in [6, 6.07) is 11.9. The van der Waals surface area contributed by atoms with E-state index in [1.807, 2.05) is 42.3 Å². The van der Waals surface area contributed by atoms with Crippen LogP contribution >= 0.6 is 0 Å². The molecule has 0 spiro atoms. The third kappa shape index (κ3) is 3.46. The minimum absolute atomic E-state index is 0.106. The van der Waals surface area contributed by atoms with Crippen molar-refractivity contribution in [1.82, 2.24) is 14.9 Å².